The lowest BCUT2D eigenvalue weighted by atomic mass is 9.97. The van der Waals surface area contributed by atoms with Gasteiger partial charge in [0.2, 0.25) is 5.91 Å². The van der Waals surface area contributed by atoms with Crippen LogP contribution in [0.2, 0.25) is 0 Å². The summed E-state index contributed by atoms with van der Waals surface area (Å²) in [5.41, 5.74) is 1.31. The summed E-state index contributed by atoms with van der Waals surface area (Å²) in [6, 6.07) is 11.0. The van der Waals surface area contributed by atoms with Crippen molar-refractivity contribution in [2.75, 3.05) is 19.6 Å². The molecule has 0 saturated carbocycles. The molecule has 0 radical (unpaired) electrons. The number of benzene rings is 1. The summed E-state index contributed by atoms with van der Waals surface area (Å²) in [5.74, 6) is 0.826. The van der Waals surface area contributed by atoms with Crippen LogP contribution in [0.15, 0.2) is 30.3 Å². The molecule has 3 nitrogen and oxygen atoms in total. The first kappa shape index (κ1) is 17.0. The summed E-state index contributed by atoms with van der Waals surface area (Å²) >= 11 is 0. The van der Waals surface area contributed by atoms with Crippen molar-refractivity contribution in [1.29, 1.82) is 0 Å². The smallest absolute Gasteiger partial charge is 0.220 e. The molecule has 1 aromatic carbocycles. The highest BCUT2D eigenvalue weighted by atomic mass is 16.1. The van der Waals surface area contributed by atoms with Crippen molar-refractivity contribution >= 4 is 5.91 Å². The Morgan fingerprint density at radius 1 is 1.32 bits per heavy atom. The van der Waals surface area contributed by atoms with Crippen LogP contribution < -0.4 is 5.32 Å². The van der Waals surface area contributed by atoms with Gasteiger partial charge in [-0.05, 0) is 57.6 Å². The Bertz CT molecular complexity index is 444. The van der Waals surface area contributed by atoms with Crippen LogP contribution in [0, 0.1) is 5.92 Å². The van der Waals surface area contributed by atoms with Gasteiger partial charge < -0.3 is 10.2 Å². The summed E-state index contributed by atoms with van der Waals surface area (Å²) < 4.78 is 0. The van der Waals surface area contributed by atoms with Crippen molar-refractivity contribution in [2.45, 2.75) is 52.0 Å². The van der Waals surface area contributed by atoms with E-state index in [0.717, 1.165) is 25.9 Å². The van der Waals surface area contributed by atoms with Gasteiger partial charge in [0.15, 0.2) is 0 Å². The number of nitrogens with zero attached hydrogens (tertiary/aromatic N) is 1. The lowest BCUT2D eigenvalue weighted by Gasteiger charge is -2.35. The summed E-state index contributed by atoms with van der Waals surface area (Å²) in [6.45, 7) is 7.68. The second-order valence-corrected chi connectivity index (χ2v) is 6.74. The quantitative estimate of drug-likeness (QED) is 0.838. The Labute approximate surface area is 135 Å². The molecule has 1 amide bonds. The highest BCUT2D eigenvalue weighted by Gasteiger charge is 2.21. The highest BCUT2D eigenvalue weighted by Crippen LogP contribution is 2.17. The Balaban J connectivity index is 1.61. The third kappa shape index (κ3) is 5.80. The van der Waals surface area contributed by atoms with Gasteiger partial charge in [0.25, 0.3) is 0 Å². The molecule has 0 spiro atoms. The first-order valence-corrected chi connectivity index (χ1v) is 8.70. The van der Waals surface area contributed by atoms with Gasteiger partial charge in [0.05, 0.1) is 0 Å². The van der Waals surface area contributed by atoms with Crippen LogP contribution in [0.4, 0.5) is 0 Å². The number of rotatable bonds is 7. The summed E-state index contributed by atoms with van der Waals surface area (Å²) in [5, 5.41) is 3.13. The van der Waals surface area contributed by atoms with Crippen molar-refractivity contribution in [3.63, 3.8) is 0 Å². The number of hydrogen-bond donors (Lipinski definition) is 1. The minimum Gasteiger partial charge on any atom is -0.356 e. The third-order valence-electron chi connectivity index (χ3n) is 4.58. The molecule has 1 heterocycles. The van der Waals surface area contributed by atoms with E-state index in [0.29, 0.717) is 18.4 Å². The Morgan fingerprint density at radius 2 is 2.09 bits per heavy atom. The fourth-order valence-corrected chi connectivity index (χ4v) is 3.18. The van der Waals surface area contributed by atoms with Gasteiger partial charge in [0, 0.05) is 25.6 Å². The largest absolute Gasteiger partial charge is 0.356 e. The molecule has 2 rings (SSSR count). The molecule has 0 aromatic heterocycles. The lowest BCUT2D eigenvalue weighted by molar-refractivity contribution is -0.121. The summed E-state index contributed by atoms with van der Waals surface area (Å²) in [6.07, 6.45) is 5.05. The summed E-state index contributed by atoms with van der Waals surface area (Å²) in [7, 11) is 0. The maximum Gasteiger partial charge on any atom is 0.220 e. The van der Waals surface area contributed by atoms with E-state index in [1.165, 1.54) is 24.9 Å². The van der Waals surface area contributed by atoms with Crippen LogP contribution in [-0.4, -0.2) is 36.5 Å². The maximum atomic E-state index is 12.0. The zero-order valence-corrected chi connectivity index (χ0v) is 14.1. The number of hydrogen-bond acceptors (Lipinski definition) is 2. The molecule has 1 aliphatic heterocycles. The van der Waals surface area contributed by atoms with Gasteiger partial charge in [-0.2, -0.15) is 0 Å². The zero-order chi connectivity index (χ0) is 15.8. The molecular weight excluding hydrogens is 272 g/mol. The molecule has 122 valence electrons. The molecule has 1 aliphatic rings. The van der Waals surface area contributed by atoms with Crippen molar-refractivity contribution in [1.82, 2.24) is 10.2 Å². The number of carbonyl (C=O) groups excluding carboxylic acids is 1. The van der Waals surface area contributed by atoms with Crippen LogP contribution in [0.1, 0.15) is 45.1 Å². The normalized spacial score (nSPS) is 19.3. The lowest BCUT2D eigenvalue weighted by Crippen LogP contribution is -2.43. The highest BCUT2D eigenvalue weighted by molar-refractivity contribution is 5.75. The SMILES string of the molecule is CC(C)N1CCCC(CNC(=O)CCCc2ccccc2)C1. The molecule has 22 heavy (non-hydrogen) atoms. The van der Waals surface area contributed by atoms with Gasteiger partial charge in [-0.25, -0.2) is 0 Å². The van der Waals surface area contributed by atoms with E-state index in [4.69, 9.17) is 0 Å². The predicted octanol–water partition coefficient (Wildman–Crippen LogP) is 3.25. The average molecular weight is 302 g/mol. The van der Waals surface area contributed by atoms with Gasteiger partial charge >= 0.3 is 0 Å². The number of nitrogens with one attached hydrogen (secondary N) is 1. The van der Waals surface area contributed by atoms with Crippen molar-refractivity contribution in [2.24, 2.45) is 5.92 Å². The van der Waals surface area contributed by atoms with Crippen LogP contribution in [0.5, 0.6) is 0 Å². The minimum atomic E-state index is 0.206. The van der Waals surface area contributed by atoms with Gasteiger partial charge in [-0.3, -0.25) is 4.79 Å². The Morgan fingerprint density at radius 3 is 2.82 bits per heavy atom. The topological polar surface area (TPSA) is 32.3 Å². The second-order valence-electron chi connectivity index (χ2n) is 6.74. The van der Waals surface area contributed by atoms with Crippen LogP contribution >= 0.6 is 0 Å². The first-order chi connectivity index (χ1) is 10.6. The van der Waals surface area contributed by atoms with Gasteiger partial charge in [-0.15, -0.1) is 0 Å². The Kier molecular flexibility index (Phi) is 6.91. The van der Waals surface area contributed by atoms with Crippen molar-refractivity contribution in [3.8, 4) is 0 Å². The number of amides is 1. The molecule has 3 heteroatoms. The monoisotopic (exact) mass is 302 g/mol. The van der Waals surface area contributed by atoms with E-state index in [2.05, 4.69) is 48.3 Å². The van der Waals surface area contributed by atoms with Crippen LogP contribution in [-0.2, 0) is 11.2 Å². The Hall–Kier alpha value is -1.35. The van der Waals surface area contributed by atoms with E-state index in [-0.39, 0.29) is 5.91 Å². The molecular formula is C19H30N2O. The summed E-state index contributed by atoms with van der Waals surface area (Å²) in [4.78, 5) is 14.5. The average Bonchev–Trinajstić information content (AvgIpc) is 2.54. The number of piperidine rings is 1. The third-order valence-corrected chi connectivity index (χ3v) is 4.58. The molecule has 1 atom stereocenters. The fraction of sp³-hybridized carbons (Fsp3) is 0.632. The molecule has 1 fully saturated rings. The maximum absolute atomic E-state index is 12.0. The number of aryl methyl sites for hydroxylation is 1. The van der Waals surface area contributed by atoms with Crippen LogP contribution in [0.25, 0.3) is 0 Å². The molecule has 1 aromatic rings. The van der Waals surface area contributed by atoms with Gasteiger partial charge in [-0.1, -0.05) is 30.3 Å². The second kappa shape index (κ2) is 8.94. The first-order valence-electron chi connectivity index (χ1n) is 8.70. The van der Waals surface area contributed by atoms with E-state index in [1.54, 1.807) is 0 Å². The minimum absolute atomic E-state index is 0.206. The van der Waals surface area contributed by atoms with E-state index in [1.807, 2.05) is 6.07 Å². The molecule has 0 aliphatic carbocycles. The van der Waals surface area contributed by atoms with E-state index < -0.39 is 0 Å². The van der Waals surface area contributed by atoms with E-state index in [9.17, 15) is 4.79 Å². The standard InChI is InChI=1S/C19H30N2O/c1-16(2)21-13-7-11-18(15-21)14-20-19(22)12-6-10-17-8-4-3-5-9-17/h3-5,8-9,16,18H,6-7,10-15H2,1-2H3,(H,20,22). The molecule has 1 saturated heterocycles. The number of likely N-dealkylation sites (tertiary alicyclic amines) is 1. The fourth-order valence-electron chi connectivity index (χ4n) is 3.18. The van der Waals surface area contributed by atoms with E-state index >= 15 is 0 Å². The predicted molar refractivity (Wildman–Crippen MR) is 91.8 cm³/mol. The van der Waals surface area contributed by atoms with Gasteiger partial charge in [0.1, 0.15) is 0 Å². The molecule has 1 N–H and O–H groups in total. The van der Waals surface area contributed by atoms with Crippen LogP contribution in [0.3, 0.4) is 0 Å². The zero-order valence-electron chi connectivity index (χ0n) is 14.1. The molecule has 0 bridgehead atoms. The number of carbonyl (C=O) groups is 1. The van der Waals surface area contributed by atoms with Crippen molar-refractivity contribution in [3.05, 3.63) is 35.9 Å². The van der Waals surface area contributed by atoms with Crippen molar-refractivity contribution < 1.29 is 4.79 Å². The molecule has 1 unspecified atom stereocenters.